The van der Waals surface area contributed by atoms with Gasteiger partial charge >= 0.3 is 0 Å². The molecule has 0 radical (unpaired) electrons. The van der Waals surface area contributed by atoms with Crippen molar-refractivity contribution in [2.45, 2.75) is 52.6 Å². The van der Waals surface area contributed by atoms with Crippen LogP contribution in [-0.2, 0) is 21.7 Å². The molecule has 2 heterocycles. The fourth-order valence-corrected chi connectivity index (χ4v) is 6.24. The molecule has 188 valence electrons. The molecule has 3 aliphatic rings. The van der Waals surface area contributed by atoms with Crippen molar-refractivity contribution in [3.05, 3.63) is 99.2 Å². The van der Waals surface area contributed by atoms with E-state index >= 15 is 0 Å². The summed E-state index contributed by atoms with van der Waals surface area (Å²) in [7, 11) is 0. The lowest BCUT2D eigenvalue weighted by Gasteiger charge is -2.38. The number of Topliss-reactive ketones (excluding diaryl/α,β-unsaturated/α-hetero) is 1. The van der Waals surface area contributed by atoms with Crippen LogP contribution >= 0.6 is 11.6 Å². The summed E-state index contributed by atoms with van der Waals surface area (Å²) in [5, 5.41) is 7.73. The number of carbonyl (C=O) groups excluding carboxylic acids is 2. The Hall–Kier alpha value is -3.57. The molecule has 1 atom stereocenters. The number of halogens is 1. The molecule has 0 saturated carbocycles. The molecule has 2 N–H and O–H groups in total. The fourth-order valence-electron chi connectivity index (χ4n) is 6.07. The number of rotatable bonds is 2. The van der Waals surface area contributed by atoms with E-state index in [1.807, 2.05) is 48.5 Å². The molecule has 0 aromatic heterocycles. The van der Waals surface area contributed by atoms with Gasteiger partial charge in [0.15, 0.2) is 11.3 Å². The highest BCUT2D eigenvalue weighted by Crippen LogP contribution is 2.54. The molecule has 0 fully saturated rings. The molecule has 5 nitrogen and oxygen atoms in total. The zero-order chi connectivity index (χ0) is 26.1. The van der Waals surface area contributed by atoms with Gasteiger partial charge in [-0.15, -0.1) is 0 Å². The van der Waals surface area contributed by atoms with Crippen molar-refractivity contribution in [1.29, 1.82) is 0 Å². The summed E-state index contributed by atoms with van der Waals surface area (Å²) >= 11 is 6.55. The van der Waals surface area contributed by atoms with Gasteiger partial charge in [-0.2, -0.15) is 0 Å². The number of amides is 1. The van der Waals surface area contributed by atoms with Gasteiger partial charge < -0.3 is 15.5 Å². The Morgan fingerprint density at radius 2 is 1.62 bits per heavy atom. The van der Waals surface area contributed by atoms with Gasteiger partial charge in [-0.1, -0.05) is 55.8 Å². The standard InChI is InChI=1S/C31H30ClN3O2/c1-18-12-23-24(13-19(18)2)34-31(28-25(33-23)15-30(3,4)16-27(28)36)22-14-21(32)10-11-26(22)35(29(31)37)17-20-8-6-5-7-9-20/h5-14,33-34H,15-17H2,1-4H3. The van der Waals surface area contributed by atoms with Crippen molar-refractivity contribution in [2.75, 3.05) is 15.5 Å². The number of hydrogen-bond acceptors (Lipinski definition) is 4. The lowest BCUT2D eigenvalue weighted by Crippen LogP contribution is -2.50. The number of hydrogen-bond donors (Lipinski definition) is 2. The number of carbonyl (C=O) groups is 2. The predicted molar refractivity (Wildman–Crippen MR) is 149 cm³/mol. The normalized spacial score (nSPS) is 21.7. The van der Waals surface area contributed by atoms with Gasteiger partial charge in [0.05, 0.1) is 29.2 Å². The van der Waals surface area contributed by atoms with Crippen LogP contribution in [-0.4, -0.2) is 11.7 Å². The Bertz CT molecular complexity index is 1510. The molecule has 3 aromatic rings. The van der Waals surface area contributed by atoms with Crippen LogP contribution in [0.15, 0.2) is 71.9 Å². The monoisotopic (exact) mass is 511 g/mol. The van der Waals surface area contributed by atoms with Crippen molar-refractivity contribution in [2.24, 2.45) is 5.41 Å². The molecule has 1 aliphatic carbocycles. The molecule has 2 aliphatic heterocycles. The smallest absolute Gasteiger partial charge is 0.262 e. The van der Waals surface area contributed by atoms with Crippen LogP contribution in [0.3, 0.4) is 0 Å². The van der Waals surface area contributed by atoms with E-state index in [1.54, 1.807) is 4.90 Å². The predicted octanol–water partition coefficient (Wildman–Crippen LogP) is 6.88. The van der Waals surface area contributed by atoms with E-state index in [1.165, 1.54) is 0 Å². The van der Waals surface area contributed by atoms with Crippen molar-refractivity contribution in [3.63, 3.8) is 0 Å². The van der Waals surface area contributed by atoms with E-state index in [0.717, 1.165) is 45.0 Å². The second kappa shape index (κ2) is 8.22. The van der Waals surface area contributed by atoms with Crippen LogP contribution in [0.1, 0.15) is 48.9 Å². The maximum absolute atomic E-state index is 14.7. The minimum absolute atomic E-state index is 0.0201. The van der Waals surface area contributed by atoms with Crippen molar-refractivity contribution < 1.29 is 9.59 Å². The third-order valence-electron chi connectivity index (χ3n) is 7.89. The van der Waals surface area contributed by atoms with Crippen LogP contribution in [0.2, 0.25) is 5.02 Å². The number of aryl methyl sites for hydroxylation is 2. The molecular formula is C31H30ClN3O2. The van der Waals surface area contributed by atoms with Crippen molar-refractivity contribution in [1.82, 2.24) is 0 Å². The lowest BCUT2D eigenvalue weighted by atomic mass is 9.69. The van der Waals surface area contributed by atoms with Crippen molar-refractivity contribution >= 4 is 40.4 Å². The van der Waals surface area contributed by atoms with Gasteiger partial charge in [-0.25, -0.2) is 0 Å². The van der Waals surface area contributed by atoms with Gasteiger partial charge in [0.25, 0.3) is 5.91 Å². The SMILES string of the molecule is Cc1cc2c(cc1C)NC1(C(=O)N(Cc3ccccc3)c3ccc(Cl)cc31)C1=C(CC(C)(C)CC1=O)N2. The number of ketones is 1. The molecule has 1 unspecified atom stereocenters. The summed E-state index contributed by atoms with van der Waals surface area (Å²) in [6.07, 6.45) is 1.03. The van der Waals surface area contributed by atoms with Crippen LogP contribution in [0.25, 0.3) is 0 Å². The van der Waals surface area contributed by atoms with Crippen LogP contribution in [0.5, 0.6) is 0 Å². The van der Waals surface area contributed by atoms with Gasteiger partial charge in [-0.05, 0) is 72.7 Å². The Labute approximate surface area is 222 Å². The summed E-state index contributed by atoms with van der Waals surface area (Å²) in [6, 6.07) is 19.6. The summed E-state index contributed by atoms with van der Waals surface area (Å²) < 4.78 is 0. The molecule has 1 amide bonds. The van der Waals surface area contributed by atoms with Crippen LogP contribution in [0, 0.1) is 19.3 Å². The Morgan fingerprint density at radius 1 is 0.919 bits per heavy atom. The fraction of sp³-hybridized carbons (Fsp3) is 0.290. The van der Waals surface area contributed by atoms with Gasteiger partial charge in [0, 0.05) is 22.7 Å². The molecule has 0 bridgehead atoms. The summed E-state index contributed by atoms with van der Waals surface area (Å²) in [4.78, 5) is 30.5. The van der Waals surface area contributed by atoms with Gasteiger partial charge in [0.1, 0.15) is 0 Å². The number of fused-ring (bicyclic) bond motifs is 4. The van der Waals surface area contributed by atoms with E-state index in [0.29, 0.717) is 30.0 Å². The highest BCUT2D eigenvalue weighted by atomic mass is 35.5. The van der Waals surface area contributed by atoms with Crippen molar-refractivity contribution in [3.8, 4) is 0 Å². The zero-order valence-corrected chi connectivity index (χ0v) is 22.3. The first kappa shape index (κ1) is 23.8. The number of allylic oxidation sites excluding steroid dienone is 1. The minimum atomic E-state index is -1.38. The summed E-state index contributed by atoms with van der Waals surface area (Å²) in [5.74, 6) is -0.185. The highest BCUT2D eigenvalue weighted by Gasteiger charge is 2.58. The number of anilines is 3. The first-order valence-electron chi connectivity index (χ1n) is 12.7. The molecule has 37 heavy (non-hydrogen) atoms. The topological polar surface area (TPSA) is 61.4 Å². The highest BCUT2D eigenvalue weighted by molar-refractivity contribution is 6.31. The Balaban J connectivity index is 1.64. The third kappa shape index (κ3) is 3.67. The molecular weight excluding hydrogens is 482 g/mol. The first-order chi connectivity index (χ1) is 17.6. The van der Waals surface area contributed by atoms with Gasteiger partial charge in [-0.3, -0.25) is 9.59 Å². The molecule has 6 heteroatoms. The van der Waals surface area contributed by atoms with E-state index in [-0.39, 0.29) is 17.1 Å². The van der Waals surface area contributed by atoms with Crippen LogP contribution < -0.4 is 15.5 Å². The van der Waals surface area contributed by atoms with E-state index in [4.69, 9.17) is 11.6 Å². The number of benzene rings is 3. The van der Waals surface area contributed by atoms with E-state index in [9.17, 15) is 9.59 Å². The summed E-state index contributed by atoms with van der Waals surface area (Å²) in [5.41, 5.74) is 6.11. The number of nitrogens with one attached hydrogen (secondary N) is 2. The maximum atomic E-state index is 14.7. The number of nitrogens with zero attached hydrogens (tertiary/aromatic N) is 1. The zero-order valence-electron chi connectivity index (χ0n) is 21.5. The Kier molecular flexibility index (Phi) is 5.29. The Morgan fingerprint density at radius 3 is 2.35 bits per heavy atom. The second-order valence-electron chi connectivity index (χ2n) is 11.3. The quantitative estimate of drug-likeness (QED) is 0.393. The average Bonchev–Trinajstić information content (AvgIpc) is 2.95. The minimum Gasteiger partial charge on any atom is -0.362 e. The van der Waals surface area contributed by atoms with E-state index in [2.05, 4.69) is 50.5 Å². The average molecular weight is 512 g/mol. The third-order valence-corrected chi connectivity index (χ3v) is 8.13. The molecule has 0 saturated heterocycles. The van der Waals surface area contributed by atoms with E-state index < -0.39 is 5.54 Å². The summed E-state index contributed by atoms with van der Waals surface area (Å²) in [6.45, 7) is 8.73. The lowest BCUT2D eigenvalue weighted by molar-refractivity contribution is -0.125. The first-order valence-corrected chi connectivity index (χ1v) is 13.1. The van der Waals surface area contributed by atoms with Crippen LogP contribution in [0.4, 0.5) is 17.1 Å². The maximum Gasteiger partial charge on any atom is 0.262 e. The second-order valence-corrected chi connectivity index (χ2v) is 11.8. The molecule has 1 spiro atoms. The molecule has 3 aromatic carbocycles. The largest absolute Gasteiger partial charge is 0.362 e. The van der Waals surface area contributed by atoms with Gasteiger partial charge in [0.2, 0.25) is 0 Å². The molecule has 6 rings (SSSR count).